The lowest BCUT2D eigenvalue weighted by Gasteiger charge is -2.08. The van der Waals surface area contributed by atoms with Crippen LogP contribution in [0, 0.1) is 6.92 Å². The van der Waals surface area contributed by atoms with Gasteiger partial charge in [-0.2, -0.15) is 0 Å². The van der Waals surface area contributed by atoms with Crippen molar-refractivity contribution in [3.8, 4) is 0 Å². The molecule has 1 rings (SSSR count). The number of aromatic nitrogens is 1. The normalized spacial score (nSPS) is 10.9. The zero-order valence-electron chi connectivity index (χ0n) is 6.82. The van der Waals surface area contributed by atoms with Gasteiger partial charge in [-0.05, 0) is 18.1 Å². The van der Waals surface area contributed by atoms with Gasteiger partial charge in [0.1, 0.15) is 5.69 Å². The molecular formula is C8H7Cl2F2N. The molecule has 0 saturated heterocycles. The van der Waals surface area contributed by atoms with Crippen LogP contribution < -0.4 is 0 Å². The van der Waals surface area contributed by atoms with Crippen molar-refractivity contribution in [2.24, 2.45) is 0 Å². The van der Waals surface area contributed by atoms with Crippen LogP contribution in [0.2, 0.25) is 5.02 Å². The van der Waals surface area contributed by atoms with Gasteiger partial charge in [-0.15, -0.1) is 11.6 Å². The predicted molar refractivity (Wildman–Crippen MR) is 48.5 cm³/mol. The molecule has 0 aliphatic heterocycles. The number of alkyl halides is 3. The molecule has 1 aromatic heterocycles. The van der Waals surface area contributed by atoms with E-state index in [1.807, 2.05) is 0 Å². The first-order valence-electron chi connectivity index (χ1n) is 3.56. The monoisotopic (exact) mass is 225 g/mol. The first-order chi connectivity index (χ1) is 6.07. The van der Waals surface area contributed by atoms with Crippen molar-refractivity contribution in [2.45, 2.75) is 19.2 Å². The van der Waals surface area contributed by atoms with Crippen LogP contribution in [0.1, 0.15) is 23.2 Å². The molecule has 0 fully saturated rings. The minimum absolute atomic E-state index is 0.118. The van der Waals surface area contributed by atoms with E-state index in [1.54, 1.807) is 0 Å². The standard InChI is InChI=1S/C8H7Cl2F2N/c1-4-5(2-9)6(10)3-13-7(4)8(11)12/h3,8H,2H2,1H3. The van der Waals surface area contributed by atoms with Crippen molar-refractivity contribution in [3.63, 3.8) is 0 Å². The van der Waals surface area contributed by atoms with Gasteiger partial charge in [-0.3, -0.25) is 4.98 Å². The summed E-state index contributed by atoms with van der Waals surface area (Å²) in [7, 11) is 0. The number of nitrogens with zero attached hydrogens (tertiary/aromatic N) is 1. The van der Waals surface area contributed by atoms with Gasteiger partial charge in [0.15, 0.2) is 0 Å². The van der Waals surface area contributed by atoms with E-state index in [0.717, 1.165) is 0 Å². The van der Waals surface area contributed by atoms with Crippen LogP contribution in [0.3, 0.4) is 0 Å². The molecule has 0 unspecified atom stereocenters. The fourth-order valence-electron chi connectivity index (χ4n) is 1.02. The van der Waals surface area contributed by atoms with Crippen LogP contribution in [0.4, 0.5) is 8.78 Å². The smallest absolute Gasteiger partial charge is 0.253 e. The first-order valence-corrected chi connectivity index (χ1v) is 4.47. The molecule has 0 aliphatic rings. The Morgan fingerprint density at radius 3 is 2.62 bits per heavy atom. The van der Waals surface area contributed by atoms with Crippen LogP contribution in [0.15, 0.2) is 6.20 Å². The number of hydrogen-bond acceptors (Lipinski definition) is 1. The molecule has 0 radical (unpaired) electrons. The second kappa shape index (κ2) is 4.20. The Morgan fingerprint density at radius 1 is 1.54 bits per heavy atom. The van der Waals surface area contributed by atoms with E-state index in [2.05, 4.69) is 4.98 Å². The largest absolute Gasteiger partial charge is 0.280 e. The van der Waals surface area contributed by atoms with Gasteiger partial charge in [0.2, 0.25) is 0 Å². The SMILES string of the molecule is Cc1c(C(F)F)ncc(Cl)c1CCl. The average Bonchev–Trinajstić information content (AvgIpc) is 2.04. The second-order valence-corrected chi connectivity index (χ2v) is 3.20. The van der Waals surface area contributed by atoms with Gasteiger partial charge in [0.05, 0.1) is 5.02 Å². The summed E-state index contributed by atoms with van der Waals surface area (Å²) in [5, 5.41) is 0.330. The molecule has 13 heavy (non-hydrogen) atoms. The van der Waals surface area contributed by atoms with E-state index >= 15 is 0 Å². The molecule has 1 nitrogen and oxygen atoms in total. The molecule has 0 atom stereocenters. The van der Waals surface area contributed by atoms with Gasteiger partial charge in [0, 0.05) is 12.1 Å². The molecule has 0 saturated carbocycles. The van der Waals surface area contributed by atoms with Gasteiger partial charge in [-0.25, -0.2) is 8.78 Å². The lowest BCUT2D eigenvalue weighted by atomic mass is 10.1. The summed E-state index contributed by atoms with van der Waals surface area (Å²) in [6.45, 7) is 1.54. The Morgan fingerprint density at radius 2 is 2.15 bits per heavy atom. The summed E-state index contributed by atoms with van der Waals surface area (Å²) >= 11 is 11.3. The molecular weight excluding hydrogens is 219 g/mol. The van der Waals surface area contributed by atoms with E-state index in [-0.39, 0.29) is 11.6 Å². The van der Waals surface area contributed by atoms with Gasteiger partial charge < -0.3 is 0 Å². The Labute approximate surface area is 84.7 Å². The Bertz CT molecular complexity index is 315. The minimum atomic E-state index is -2.58. The summed E-state index contributed by atoms with van der Waals surface area (Å²) in [5.74, 6) is 0.118. The van der Waals surface area contributed by atoms with Crippen molar-refractivity contribution >= 4 is 23.2 Å². The second-order valence-electron chi connectivity index (χ2n) is 2.53. The van der Waals surface area contributed by atoms with Crippen LogP contribution in [0.5, 0.6) is 0 Å². The molecule has 5 heteroatoms. The minimum Gasteiger partial charge on any atom is -0.253 e. The fourth-order valence-corrected chi connectivity index (χ4v) is 1.69. The summed E-state index contributed by atoms with van der Waals surface area (Å²) < 4.78 is 24.7. The topological polar surface area (TPSA) is 12.9 Å². The highest BCUT2D eigenvalue weighted by Crippen LogP contribution is 2.28. The summed E-state index contributed by atoms with van der Waals surface area (Å²) in [6, 6.07) is 0. The maximum atomic E-state index is 12.3. The molecule has 0 spiro atoms. The molecule has 1 heterocycles. The lowest BCUT2D eigenvalue weighted by molar-refractivity contribution is 0.145. The first kappa shape index (κ1) is 10.7. The molecule has 0 aromatic carbocycles. The van der Waals surface area contributed by atoms with Crippen molar-refractivity contribution < 1.29 is 8.78 Å². The summed E-state index contributed by atoms with van der Waals surface area (Å²) in [5.41, 5.74) is 0.645. The van der Waals surface area contributed by atoms with Crippen molar-refractivity contribution in [1.29, 1.82) is 0 Å². The summed E-state index contributed by atoms with van der Waals surface area (Å²) in [6.07, 6.45) is -1.38. The maximum absolute atomic E-state index is 12.3. The highest BCUT2D eigenvalue weighted by atomic mass is 35.5. The Kier molecular flexibility index (Phi) is 3.45. The van der Waals surface area contributed by atoms with E-state index in [4.69, 9.17) is 23.2 Å². The van der Waals surface area contributed by atoms with Crippen molar-refractivity contribution in [1.82, 2.24) is 4.98 Å². The van der Waals surface area contributed by atoms with E-state index in [9.17, 15) is 8.78 Å². The van der Waals surface area contributed by atoms with Crippen LogP contribution in [-0.4, -0.2) is 4.98 Å². The average molecular weight is 226 g/mol. The number of pyridine rings is 1. The highest BCUT2D eigenvalue weighted by Gasteiger charge is 2.16. The van der Waals surface area contributed by atoms with E-state index < -0.39 is 6.43 Å². The fraction of sp³-hybridized carbons (Fsp3) is 0.375. The van der Waals surface area contributed by atoms with Crippen LogP contribution in [-0.2, 0) is 5.88 Å². The Hall–Kier alpha value is -0.410. The molecule has 0 bridgehead atoms. The van der Waals surface area contributed by atoms with Crippen LogP contribution >= 0.6 is 23.2 Å². The summed E-state index contributed by atoms with van der Waals surface area (Å²) in [4.78, 5) is 3.55. The van der Waals surface area contributed by atoms with E-state index in [0.29, 0.717) is 16.1 Å². The number of halogens is 4. The number of hydrogen-bond donors (Lipinski definition) is 0. The maximum Gasteiger partial charge on any atom is 0.280 e. The Balaban J connectivity index is 3.27. The zero-order chi connectivity index (χ0) is 10.0. The zero-order valence-corrected chi connectivity index (χ0v) is 8.33. The third-order valence-electron chi connectivity index (χ3n) is 1.78. The van der Waals surface area contributed by atoms with Gasteiger partial charge in [0.25, 0.3) is 6.43 Å². The van der Waals surface area contributed by atoms with Gasteiger partial charge >= 0.3 is 0 Å². The van der Waals surface area contributed by atoms with Crippen LogP contribution in [0.25, 0.3) is 0 Å². The molecule has 72 valence electrons. The van der Waals surface area contributed by atoms with Crippen molar-refractivity contribution in [3.05, 3.63) is 28.0 Å². The predicted octanol–water partition coefficient (Wildman–Crippen LogP) is 3.72. The van der Waals surface area contributed by atoms with Crippen molar-refractivity contribution in [2.75, 3.05) is 0 Å². The molecule has 0 amide bonds. The third-order valence-corrected chi connectivity index (χ3v) is 2.38. The highest BCUT2D eigenvalue weighted by molar-refractivity contribution is 6.32. The quantitative estimate of drug-likeness (QED) is 0.700. The molecule has 0 N–H and O–H groups in total. The molecule has 1 aromatic rings. The number of rotatable bonds is 2. The van der Waals surface area contributed by atoms with E-state index in [1.165, 1.54) is 13.1 Å². The van der Waals surface area contributed by atoms with Gasteiger partial charge in [-0.1, -0.05) is 11.6 Å². The molecule has 0 aliphatic carbocycles. The lowest BCUT2D eigenvalue weighted by Crippen LogP contribution is -1.99. The third kappa shape index (κ3) is 2.09.